The van der Waals surface area contributed by atoms with Gasteiger partial charge in [0.25, 0.3) is 0 Å². The van der Waals surface area contributed by atoms with E-state index in [1.54, 1.807) is 7.11 Å². The van der Waals surface area contributed by atoms with E-state index < -0.39 is 6.10 Å². The zero-order valence-electron chi connectivity index (χ0n) is 15.1. The van der Waals surface area contributed by atoms with Crippen molar-refractivity contribution < 1.29 is 14.6 Å². The van der Waals surface area contributed by atoms with E-state index in [0.717, 1.165) is 37.7 Å². The largest absolute Gasteiger partial charge is 0.388 e. The van der Waals surface area contributed by atoms with Gasteiger partial charge in [-0.1, -0.05) is 43.2 Å². The van der Waals surface area contributed by atoms with E-state index in [0.29, 0.717) is 13.1 Å². The Balaban J connectivity index is 1.49. The molecular formula is C20H30N2O3. The van der Waals surface area contributed by atoms with Crippen molar-refractivity contribution in [2.45, 2.75) is 56.8 Å². The van der Waals surface area contributed by atoms with Gasteiger partial charge in [0.15, 0.2) is 0 Å². The average molecular weight is 346 g/mol. The number of aliphatic hydroxyl groups excluding tert-OH is 1. The predicted molar refractivity (Wildman–Crippen MR) is 97.3 cm³/mol. The summed E-state index contributed by atoms with van der Waals surface area (Å²) in [5, 5.41) is 13.7. The smallest absolute Gasteiger partial charge is 0.317 e. The molecule has 1 saturated heterocycles. The minimum Gasteiger partial charge on any atom is -0.388 e. The fraction of sp³-hybridized carbons (Fsp3) is 0.650. The van der Waals surface area contributed by atoms with Crippen molar-refractivity contribution in [2.75, 3.05) is 20.2 Å². The molecule has 0 spiro atoms. The number of nitrogens with one attached hydrogen (secondary N) is 1. The van der Waals surface area contributed by atoms with Gasteiger partial charge in [-0.05, 0) is 37.2 Å². The number of nitrogens with zero attached hydrogens (tertiary/aromatic N) is 1. The van der Waals surface area contributed by atoms with Crippen LogP contribution in [0, 0.1) is 5.92 Å². The fourth-order valence-electron chi connectivity index (χ4n) is 4.13. The summed E-state index contributed by atoms with van der Waals surface area (Å²) >= 11 is 0. The SMILES string of the molecule is COC1CCCCC1NC(=O)N1CCC(C(O)c2ccccc2)CC1. The maximum absolute atomic E-state index is 12.6. The van der Waals surface area contributed by atoms with Gasteiger partial charge in [0.1, 0.15) is 0 Å². The first kappa shape index (κ1) is 18.2. The quantitative estimate of drug-likeness (QED) is 0.881. The Morgan fingerprint density at radius 3 is 2.52 bits per heavy atom. The summed E-state index contributed by atoms with van der Waals surface area (Å²) < 4.78 is 5.52. The van der Waals surface area contributed by atoms with Crippen molar-refractivity contribution in [1.29, 1.82) is 0 Å². The van der Waals surface area contributed by atoms with Gasteiger partial charge in [0.05, 0.1) is 18.2 Å². The lowest BCUT2D eigenvalue weighted by Gasteiger charge is -2.37. The Morgan fingerprint density at radius 2 is 1.84 bits per heavy atom. The maximum Gasteiger partial charge on any atom is 0.317 e. The normalized spacial score (nSPS) is 26.2. The molecule has 1 aliphatic heterocycles. The zero-order chi connectivity index (χ0) is 17.6. The van der Waals surface area contributed by atoms with Crippen LogP contribution in [0.5, 0.6) is 0 Å². The number of carbonyl (C=O) groups excluding carboxylic acids is 1. The Hall–Kier alpha value is -1.59. The summed E-state index contributed by atoms with van der Waals surface area (Å²) in [6, 6.07) is 9.95. The Morgan fingerprint density at radius 1 is 1.16 bits per heavy atom. The highest BCUT2D eigenvalue weighted by molar-refractivity contribution is 5.74. The van der Waals surface area contributed by atoms with Gasteiger partial charge in [-0.25, -0.2) is 4.79 Å². The fourth-order valence-corrected chi connectivity index (χ4v) is 4.13. The first-order valence-corrected chi connectivity index (χ1v) is 9.50. The first-order valence-electron chi connectivity index (χ1n) is 9.50. The number of hydrogen-bond acceptors (Lipinski definition) is 3. The second kappa shape index (κ2) is 8.68. The molecule has 0 bridgehead atoms. The van der Waals surface area contributed by atoms with Gasteiger partial charge in [0, 0.05) is 20.2 Å². The minimum atomic E-state index is -0.442. The van der Waals surface area contributed by atoms with E-state index >= 15 is 0 Å². The summed E-state index contributed by atoms with van der Waals surface area (Å²) in [4.78, 5) is 14.5. The highest BCUT2D eigenvalue weighted by Crippen LogP contribution is 2.30. The molecule has 3 rings (SSSR count). The molecule has 1 aliphatic carbocycles. The van der Waals surface area contributed by atoms with Gasteiger partial charge >= 0.3 is 6.03 Å². The van der Waals surface area contributed by atoms with Crippen LogP contribution in [-0.2, 0) is 4.74 Å². The molecule has 2 N–H and O–H groups in total. The molecule has 1 heterocycles. The molecule has 138 valence electrons. The van der Waals surface area contributed by atoms with Crippen LogP contribution in [0.25, 0.3) is 0 Å². The molecule has 2 aliphatic rings. The third-order valence-corrected chi connectivity index (χ3v) is 5.73. The lowest BCUT2D eigenvalue weighted by Crippen LogP contribution is -2.52. The molecule has 2 fully saturated rings. The topological polar surface area (TPSA) is 61.8 Å². The number of hydrogen-bond donors (Lipinski definition) is 2. The van der Waals surface area contributed by atoms with Crippen molar-refractivity contribution in [2.24, 2.45) is 5.92 Å². The molecule has 1 aromatic rings. The van der Waals surface area contributed by atoms with Crippen molar-refractivity contribution >= 4 is 6.03 Å². The van der Waals surface area contributed by atoms with Crippen LogP contribution >= 0.6 is 0 Å². The third kappa shape index (κ3) is 4.53. The monoisotopic (exact) mass is 346 g/mol. The van der Waals surface area contributed by atoms with Crippen molar-refractivity contribution in [1.82, 2.24) is 10.2 Å². The van der Waals surface area contributed by atoms with E-state index in [2.05, 4.69) is 5.32 Å². The second-order valence-electron chi connectivity index (χ2n) is 7.29. The third-order valence-electron chi connectivity index (χ3n) is 5.73. The van der Waals surface area contributed by atoms with E-state index in [9.17, 15) is 9.90 Å². The number of ether oxygens (including phenoxy) is 1. The molecule has 1 aromatic carbocycles. The van der Waals surface area contributed by atoms with E-state index in [4.69, 9.17) is 4.74 Å². The molecule has 5 heteroatoms. The van der Waals surface area contributed by atoms with Crippen LogP contribution in [0.4, 0.5) is 4.79 Å². The lowest BCUT2D eigenvalue weighted by atomic mass is 9.87. The number of piperidine rings is 1. The van der Waals surface area contributed by atoms with Gasteiger partial charge in [-0.15, -0.1) is 0 Å². The second-order valence-corrected chi connectivity index (χ2v) is 7.29. The summed E-state index contributed by atoms with van der Waals surface area (Å²) in [6.45, 7) is 1.40. The van der Waals surface area contributed by atoms with Crippen molar-refractivity contribution in [3.8, 4) is 0 Å². The number of likely N-dealkylation sites (tertiary alicyclic amines) is 1. The number of carbonyl (C=O) groups is 1. The lowest BCUT2D eigenvalue weighted by molar-refractivity contribution is 0.0393. The van der Waals surface area contributed by atoms with Gasteiger partial charge in [-0.3, -0.25) is 0 Å². The minimum absolute atomic E-state index is 0.0154. The standard InChI is InChI=1S/C20H30N2O3/c1-25-18-10-6-5-9-17(18)21-20(24)22-13-11-16(12-14-22)19(23)15-7-3-2-4-8-15/h2-4,7-8,16-19,23H,5-6,9-14H2,1H3,(H,21,24). The molecule has 2 amide bonds. The average Bonchev–Trinajstić information content (AvgIpc) is 2.68. The van der Waals surface area contributed by atoms with E-state index in [-0.39, 0.29) is 24.1 Å². The van der Waals surface area contributed by atoms with Crippen LogP contribution in [0.1, 0.15) is 50.2 Å². The molecule has 1 saturated carbocycles. The summed E-state index contributed by atoms with van der Waals surface area (Å²) in [5.41, 5.74) is 0.968. The number of rotatable bonds is 4. The number of methoxy groups -OCH3 is 1. The Bertz CT molecular complexity index is 543. The van der Waals surface area contributed by atoms with Crippen LogP contribution in [-0.4, -0.2) is 48.4 Å². The van der Waals surface area contributed by atoms with Crippen LogP contribution in [0.3, 0.4) is 0 Å². The van der Waals surface area contributed by atoms with Gasteiger partial charge in [-0.2, -0.15) is 0 Å². The molecule has 5 nitrogen and oxygen atoms in total. The molecule has 25 heavy (non-hydrogen) atoms. The maximum atomic E-state index is 12.6. The Kier molecular flexibility index (Phi) is 6.32. The molecule has 0 radical (unpaired) electrons. The van der Waals surface area contributed by atoms with Crippen LogP contribution < -0.4 is 5.32 Å². The van der Waals surface area contributed by atoms with Gasteiger partial charge in [0.2, 0.25) is 0 Å². The number of amides is 2. The van der Waals surface area contributed by atoms with Crippen LogP contribution in [0.15, 0.2) is 30.3 Å². The number of aliphatic hydroxyl groups is 1. The summed E-state index contributed by atoms with van der Waals surface area (Å²) in [6.07, 6.45) is 5.70. The number of benzene rings is 1. The predicted octanol–water partition coefficient (Wildman–Crippen LogP) is 3.10. The van der Waals surface area contributed by atoms with Gasteiger partial charge < -0.3 is 20.1 Å². The van der Waals surface area contributed by atoms with Crippen molar-refractivity contribution in [3.05, 3.63) is 35.9 Å². The summed E-state index contributed by atoms with van der Waals surface area (Å²) in [5.74, 6) is 0.216. The van der Waals surface area contributed by atoms with Crippen LogP contribution in [0.2, 0.25) is 0 Å². The Labute approximate surface area is 150 Å². The highest BCUT2D eigenvalue weighted by Gasteiger charge is 2.31. The zero-order valence-corrected chi connectivity index (χ0v) is 15.1. The molecule has 3 atom stereocenters. The molecular weight excluding hydrogens is 316 g/mol. The van der Waals surface area contributed by atoms with E-state index in [1.807, 2.05) is 35.2 Å². The number of urea groups is 1. The molecule has 3 unspecified atom stereocenters. The van der Waals surface area contributed by atoms with Crippen molar-refractivity contribution in [3.63, 3.8) is 0 Å². The van der Waals surface area contributed by atoms with E-state index in [1.165, 1.54) is 6.42 Å². The highest BCUT2D eigenvalue weighted by atomic mass is 16.5. The summed E-state index contributed by atoms with van der Waals surface area (Å²) in [7, 11) is 1.73. The first-order chi connectivity index (χ1) is 12.2. The molecule has 0 aromatic heterocycles.